The minimum Gasteiger partial charge on any atom is -0.480 e. The van der Waals surface area contributed by atoms with E-state index in [4.69, 9.17) is 16.6 Å². The molecule has 4 nitrogen and oxygen atoms in total. The molecule has 2 atom stereocenters. The highest BCUT2D eigenvalue weighted by Crippen LogP contribution is 2.00. The first-order valence-corrected chi connectivity index (χ1v) is 3.78. The SMILES string of the molecule is CC(N)CCC[C@@H](N)C(=O)O. The van der Waals surface area contributed by atoms with Crippen molar-refractivity contribution in [3.05, 3.63) is 0 Å². The first-order chi connectivity index (χ1) is 5.04. The van der Waals surface area contributed by atoms with Crippen molar-refractivity contribution in [1.82, 2.24) is 0 Å². The number of carboxylic acids is 1. The van der Waals surface area contributed by atoms with E-state index in [1.165, 1.54) is 0 Å². The molecule has 0 aliphatic rings. The molecule has 0 saturated carbocycles. The normalized spacial score (nSPS) is 15.9. The van der Waals surface area contributed by atoms with Gasteiger partial charge in [0.05, 0.1) is 0 Å². The number of carboxylic acid groups (broad SMARTS) is 1. The zero-order valence-corrected chi connectivity index (χ0v) is 6.79. The number of hydrogen-bond donors (Lipinski definition) is 3. The number of nitrogens with two attached hydrogens (primary N) is 2. The Hall–Kier alpha value is -0.610. The van der Waals surface area contributed by atoms with E-state index in [2.05, 4.69) is 0 Å². The van der Waals surface area contributed by atoms with Gasteiger partial charge in [-0.3, -0.25) is 4.79 Å². The predicted molar refractivity (Wildman–Crippen MR) is 43.1 cm³/mol. The first-order valence-electron chi connectivity index (χ1n) is 3.78. The molecular weight excluding hydrogens is 144 g/mol. The Labute approximate surface area is 66.6 Å². The van der Waals surface area contributed by atoms with Crippen LogP contribution < -0.4 is 11.5 Å². The summed E-state index contributed by atoms with van der Waals surface area (Å²) >= 11 is 0. The van der Waals surface area contributed by atoms with Crippen molar-refractivity contribution in [2.45, 2.75) is 38.3 Å². The van der Waals surface area contributed by atoms with Crippen molar-refractivity contribution in [2.24, 2.45) is 11.5 Å². The molecular formula is C7H16N2O2. The van der Waals surface area contributed by atoms with E-state index in [9.17, 15) is 4.79 Å². The Bertz CT molecular complexity index is 126. The lowest BCUT2D eigenvalue weighted by molar-refractivity contribution is -0.138. The van der Waals surface area contributed by atoms with Crippen LogP contribution in [0.1, 0.15) is 26.2 Å². The maximum Gasteiger partial charge on any atom is 0.320 e. The van der Waals surface area contributed by atoms with E-state index in [1.807, 2.05) is 6.92 Å². The Balaban J connectivity index is 3.31. The van der Waals surface area contributed by atoms with Gasteiger partial charge in [-0.15, -0.1) is 0 Å². The molecule has 1 unspecified atom stereocenters. The molecule has 4 heteroatoms. The number of aliphatic carboxylic acids is 1. The van der Waals surface area contributed by atoms with E-state index in [-0.39, 0.29) is 6.04 Å². The maximum atomic E-state index is 10.2. The van der Waals surface area contributed by atoms with E-state index in [0.717, 1.165) is 12.8 Å². The molecule has 0 aromatic rings. The summed E-state index contributed by atoms with van der Waals surface area (Å²) < 4.78 is 0. The number of carbonyl (C=O) groups is 1. The van der Waals surface area contributed by atoms with Gasteiger partial charge in [-0.2, -0.15) is 0 Å². The third-order valence-corrected chi connectivity index (χ3v) is 1.49. The molecule has 0 aliphatic heterocycles. The molecule has 66 valence electrons. The quantitative estimate of drug-likeness (QED) is 0.524. The lowest BCUT2D eigenvalue weighted by Gasteiger charge is -2.07. The molecule has 0 bridgehead atoms. The fraction of sp³-hybridized carbons (Fsp3) is 0.857. The molecule has 11 heavy (non-hydrogen) atoms. The van der Waals surface area contributed by atoms with Gasteiger partial charge in [0.1, 0.15) is 6.04 Å². The van der Waals surface area contributed by atoms with Crippen molar-refractivity contribution in [3.8, 4) is 0 Å². The highest BCUT2D eigenvalue weighted by molar-refractivity contribution is 5.72. The van der Waals surface area contributed by atoms with Crippen LogP contribution in [0.4, 0.5) is 0 Å². The highest BCUT2D eigenvalue weighted by atomic mass is 16.4. The van der Waals surface area contributed by atoms with Crippen molar-refractivity contribution in [3.63, 3.8) is 0 Å². The Morgan fingerprint density at radius 3 is 2.36 bits per heavy atom. The van der Waals surface area contributed by atoms with E-state index >= 15 is 0 Å². The molecule has 0 aliphatic carbocycles. The van der Waals surface area contributed by atoms with Gasteiger partial charge in [0, 0.05) is 6.04 Å². The zero-order valence-electron chi connectivity index (χ0n) is 6.79. The van der Waals surface area contributed by atoms with Crippen molar-refractivity contribution < 1.29 is 9.90 Å². The minimum atomic E-state index is -0.935. The molecule has 0 saturated heterocycles. The molecule has 0 fully saturated rings. The van der Waals surface area contributed by atoms with Crippen LogP contribution in [0.15, 0.2) is 0 Å². The molecule has 0 aromatic heterocycles. The molecule has 0 spiro atoms. The average molecular weight is 160 g/mol. The van der Waals surface area contributed by atoms with Gasteiger partial charge >= 0.3 is 5.97 Å². The van der Waals surface area contributed by atoms with Crippen molar-refractivity contribution in [2.75, 3.05) is 0 Å². The average Bonchev–Trinajstić information content (AvgIpc) is 1.86. The second-order valence-corrected chi connectivity index (χ2v) is 2.85. The van der Waals surface area contributed by atoms with Crippen LogP contribution in [-0.2, 0) is 4.79 Å². The van der Waals surface area contributed by atoms with E-state index in [1.54, 1.807) is 0 Å². The molecule has 5 N–H and O–H groups in total. The molecule has 0 rings (SSSR count). The Kier molecular flexibility index (Phi) is 4.81. The summed E-state index contributed by atoms with van der Waals surface area (Å²) in [6.45, 7) is 1.90. The second-order valence-electron chi connectivity index (χ2n) is 2.85. The summed E-state index contributed by atoms with van der Waals surface area (Å²) in [6.07, 6.45) is 2.13. The molecule has 0 aromatic carbocycles. The summed E-state index contributed by atoms with van der Waals surface area (Å²) in [4.78, 5) is 10.2. The summed E-state index contributed by atoms with van der Waals surface area (Å²) in [6, 6.07) is -0.593. The Morgan fingerprint density at radius 2 is 2.00 bits per heavy atom. The molecule has 0 amide bonds. The molecule has 0 heterocycles. The van der Waals surface area contributed by atoms with Gasteiger partial charge in [0.15, 0.2) is 0 Å². The van der Waals surface area contributed by atoms with Gasteiger partial charge < -0.3 is 16.6 Å². The van der Waals surface area contributed by atoms with Gasteiger partial charge in [-0.25, -0.2) is 0 Å². The van der Waals surface area contributed by atoms with Crippen LogP contribution in [0.5, 0.6) is 0 Å². The highest BCUT2D eigenvalue weighted by Gasteiger charge is 2.10. The minimum absolute atomic E-state index is 0.135. The fourth-order valence-electron chi connectivity index (χ4n) is 0.783. The summed E-state index contributed by atoms with van der Waals surface area (Å²) in [5, 5.41) is 8.39. The van der Waals surface area contributed by atoms with Gasteiger partial charge in [0.2, 0.25) is 0 Å². The second kappa shape index (κ2) is 5.09. The van der Waals surface area contributed by atoms with Gasteiger partial charge in [-0.05, 0) is 26.2 Å². The smallest absolute Gasteiger partial charge is 0.320 e. The largest absolute Gasteiger partial charge is 0.480 e. The van der Waals surface area contributed by atoms with Gasteiger partial charge in [0.25, 0.3) is 0 Å². The lowest BCUT2D eigenvalue weighted by atomic mass is 10.1. The number of rotatable bonds is 5. The number of hydrogen-bond acceptors (Lipinski definition) is 3. The van der Waals surface area contributed by atoms with Crippen LogP contribution in [-0.4, -0.2) is 23.2 Å². The van der Waals surface area contributed by atoms with E-state index in [0.29, 0.717) is 6.42 Å². The standard InChI is InChI=1S/C7H16N2O2/c1-5(8)3-2-4-6(9)7(10)11/h5-6H,2-4,8-9H2,1H3,(H,10,11)/t5?,6-/m1/s1. The van der Waals surface area contributed by atoms with Crippen LogP contribution in [0, 0.1) is 0 Å². The third-order valence-electron chi connectivity index (χ3n) is 1.49. The van der Waals surface area contributed by atoms with Crippen LogP contribution >= 0.6 is 0 Å². The van der Waals surface area contributed by atoms with Crippen LogP contribution in [0.25, 0.3) is 0 Å². The van der Waals surface area contributed by atoms with Crippen LogP contribution in [0.2, 0.25) is 0 Å². The third kappa shape index (κ3) is 5.82. The van der Waals surface area contributed by atoms with E-state index < -0.39 is 12.0 Å². The molecule has 0 radical (unpaired) electrons. The first kappa shape index (κ1) is 10.4. The van der Waals surface area contributed by atoms with Gasteiger partial charge in [-0.1, -0.05) is 0 Å². The fourth-order valence-corrected chi connectivity index (χ4v) is 0.783. The maximum absolute atomic E-state index is 10.2. The summed E-state index contributed by atoms with van der Waals surface area (Å²) in [7, 11) is 0. The Morgan fingerprint density at radius 1 is 1.45 bits per heavy atom. The monoisotopic (exact) mass is 160 g/mol. The lowest BCUT2D eigenvalue weighted by Crippen LogP contribution is -2.30. The summed E-state index contributed by atoms with van der Waals surface area (Å²) in [5.74, 6) is -0.935. The van der Waals surface area contributed by atoms with Crippen molar-refractivity contribution >= 4 is 5.97 Å². The predicted octanol–water partition coefficient (Wildman–Crippen LogP) is -0.0842. The van der Waals surface area contributed by atoms with Crippen molar-refractivity contribution in [1.29, 1.82) is 0 Å². The topological polar surface area (TPSA) is 89.3 Å². The van der Waals surface area contributed by atoms with Crippen LogP contribution in [0.3, 0.4) is 0 Å². The summed E-state index contributed by atoms with van der Waals surface area (Å²) in [5.41, 5.74) is 10.7. The zero-order chi connectivity index (χ0) is 8.85.